The second-order valence-electron chi connectivity index (χ2n) is 12.9. The first-order valence-corrected chi connectivity index (χ1v) is 17.4. The molecule has 2 aliphatic heterocycles. The van der Waals surface area contributed by atoms with Crippen LogP contribution in [0.4, 0.5) is 21.0 Å². The first-order valence-electron chi connectivity index (χ1n) is 15.6. The number of aromatic nitrogens is 4. The second kappa shape index (κ2) is 27.7. The Morgan fingerprint density at radius 3 is 1.78 bits per heavy atom. The van der Waals surface area contributed by atoms with Crippen LogP contribution in [0.1, 0.15) is 43.0 Å². The number of morpholine rings is 2. The van der Waals surface area contributed by atoms with E-state index in [1.54, 1.807) is 25.7 Å². The topological polar surface area (TPSA) is 303 Å². The Balaban J connectivity index is -0.000000750. The van der Waals surface area contributed by atoms with E-state index in [1.165, 1.54) is 28.2 Å². The number of hydrogen-bond acceptors (Lipinski definition) is 18. The maximum Gasteiger partial charge on any atom is 1.00 e. The van der Waals surface area contributed by atoms with Crippen LogP contribution in [0.25, 0.3) is 0 Å². The first kappa shape index (κ1) is 56.2. The van der Waals surface area contributed by atoms with E-state index < -0.39 is 43.4 Å². The van der Waals surface area contributed by atoms with Gasteiger partial charge in [0.15, 0.2) is 0 Å². The monoisotopic (exact) mass is 1050 g/mol. The zero-order valence-corrected chi connectivity index (χ0v) is 45.6. The third-order valence-electron chi connectivity index (χ3n) is 6.00. The van der Waals surface area contributed by atoms with Crippen molar-refractivity contribution in [1.29, 1.82) is 0 Å². The fraction of sp³-hybridized carbons (Fsp3) is 0.679. The number of nitro groups is 2. The number of amides is 2. The summed E-state index contributed by atoms with van der Waals surface area (Å²) in [7, 11) is -3.50. The quantitative estimate of drug-likeness (QED) is 0.0850. The van der Waals surface area contributed by atoms with Gasteiger partial charge in [-0.2, -0.15) is 18.6 Å². The van der Waals surface area contributed by atoms with Gasteiger partial charge in [0, 0.05) is 13.1 Å². The Labute approximate surface area is 436 Å². The van der Waals surface area contributed by atoms with Crippen molar-refractivity contribution in [3.63, 3.8) is 0 Å². The molecule has 2 fully saturated rings. The Kier molecular flexibility index (Phi) is 28.4. The van der Waals surface area contributed by atoms with Crippen LogP contribution in [0.5, 0.6) is 0 Å². The van der Waals surface area contributed by atoms with E-state index in [9.17, 15) is 38.2 Å². The smallest absolute Gasteiger partial charge is 1.00 e. The van der Waals surface area contributed by atoms with Crippen LogP contribution < -0.4 is 143 Å². The summed E-state index contributed by atoms with van der Waals surface area (Å²) in [6.07, 6.45) is 4.33. The van der Waals surface area contributed by atoms with Gasteiger partial charge in [-0.25, -0.2) is 9.59 Å². The van der Waals surface area contributed by atoms with Crippen LogP contribution in [0.3, 0.4) is 0 Å². The van der Waals surface area contributed by atoms with Crippen molar-refractivity contribution in [2.75, 3.05) is 52.3 Å². The maximum atomic E-state index is 12.0. The molecule has 4 rings (SSSR count). The van der Waals surface area contributed by atoms with Gasteiger partial charge in [0.25, 0.3) is 16.6 Å². The molecule has 0 saturated carbocycles. The van der Waals surface area contributed by atoms with Crippen LogP contribution in [-0.4, -0.2) is 142 Å². The average molecular weight is 1050 g/mol. The number of carbonyl (C=O) groups excluding carboxylic acids is 3. The zero-order chi connectivity index (χ0) is 40.4. The molecule has 302 valence electrons. The fourth-order valence-electron chi connectivity index (χ4n) is 3.93. The molecule has 2 aromatic heterocycles. The molecule has 0 radical (unpaired) electrons. The van der Waals surface area contributed by atoms with E-state index in [4.69, 9.17) is 29.0 Å². The summed E-state index contributed by atoms with van der Waals surface area (Å²) in [6, 6.07) is 0. The molecular weight excluding hydrogens is 1000 g/mol. The van der Waals surface area contributed by atoms with Gasteiger partial charge in [-0.3, -0.25) is 39.0 Å². The predicted octanol–water partition coefficient (Wildman–Crippen LogP) is -5.10. The summed E-state index contributed by atoms with van der Waals surface area (Å²) < 4.78 is 49.4. The molecule has 0 spiro atoms. The molecule has 0 unspecified atom stereocenters. The first-order chi connectivity index (χ1) is 24.5. The van der Waals surface area contributed by atoms with Crippen molar-refractivity contribution in [3.8, 4) is 0 Å². The van der Waals surface area contributed by atoms with Crippen molar-refractivity contribution < 1.29 is 205 Å². The van der Waals surface area contributed by atoms with Crippen LogP contribution in [-0.2, 0) is 49.5 Å². The third kappa shape index (κ3) is 26.7. The Hall–Kier alpha value is -0.876. The number of nitrogens with zero attached hydrogens (tertiary/aromatic N) is 7. The molecule has 0 aliphatic carbocycles. The van der Waals surface area contributed by atoms with Crippen molar-refractivity contribution in [1.82, 2.24) is 29.8 Å². The van der Waals surface area contributed by atoms with Crippen molar-refractivity contribution in [3.05, 3.63) is 45.0 Å². The minimum atomic E-state index is -3.50. The number of rotatable bonds is 8. The summed E-state index contributed by atoms with van der Waals surface area (Å²) >= 11 is 0. The van der Waals surface area contributed by atoms with E-state index in [0.29, 0.717) is 39.4 Å². The Morgan fingerprint density at radius 1 is 0.945 bits per heavy atom. The SMILES string of the molecule is CC(C)(C)OC(=O)N1CCO[C@H](COS(C)(=O)=O)C1.CC(C)(C)OC(=O)N1CCO[C@H](Cn2cc([N+](=O)[O-])cn2)C1.O=CO[O-].O=[N+]([O-])c1cn[nH]c1.[Cs+].[Cs+].[H-]. The van der Waals surface area contributed by atoms with Crippen molar-refractivity contribution in [2.24, 2.45) is 0 Å². The van der Waals surface area contributed by atoms with Gasteiger partial charge in [0.1, 0.15) is 35.9 Å². The second-order valence-corrected chi connectivity index (χ2v) is 14.6. The van der Waals surface area contributed by atoms with Crippen LogP contribution >= 0.6 is 0 Å². The molecule has 1 N–H and O–H groups in total. The van der Waals surface area contributed by atoms with Gasteiger partial charge < -0.3 is 40.3 Å². The summed E-state index contributed by atoms with van der Waals surface area (Å²) in [5.74, 6) is 0. The molecule has 27 heteroatoms. The maximum absolute atomic E-state index is 12.0. The molecule has 24 nitrogen and oxygen atoms in total. The zero-order valence-electron chi connectivity index (χ0n) is 33.3. The molecule has 4 heterocycles. The number of aromatic amines is 1. The van der Waals surface area contributed by atoms with E-state index in [-0.39, 0.29) is 182 Å². The van der Waals surface area contributed by atoms with Gasteiger partial charge in [0.05, 0.1) is 67.9 Å². The summed E-state index contributed by atoms with van der Waals surface area (Å²) in [5.41, 5.74) is -1.19. The molecule has 0 aromatic carbocycles. The summed E-state index contributed by atoms with van der Waals surface area (Å²) in [5, 5.41) is 38.5. The standard InChI is InChI=1S/C13H20N4O5.C11H21NO6S.C3H3N3O2.CH2O3.2Cs.H/c1-13(2,3)22-12(18)15-4-5-21-11(8-15)9-16-7-10(6-14-16)17(19)20;1-11(2,3)18-10(13)12-5-6-16-9(7-12)8-17-19(4,14)15;7-6(8)3-1-4-5-2-3;2-1-4-3;;;/h6-7,11H,4-5,8-9H2,1-3H3;9H,5-8H2,1-4H3;1-2H,(H,4,5);1,3H;;;/q;;;;2*+1;-1/p-1/t11-;9-;;;;;/m00...../s1. The van der Waals surface area contributed by atoms with Gasteiger partial charge >= 0.3 is 161 Å². The van der Waals surface area contributed by atoms with E-state index >= 15 is 0 Å². The molecular formula is C28H46Cs2N8O16S. The normalized spacial score (nSPS) is 16.7. The molecule has 2 amide bonds. The molecule has 2 atom stereocenters. The number of carbonyl (C=O) groups is 3. The number of ether oxygens (including phenoxy) is 4. The summed E-state index contributed by atoms with van der Waals surface area (Å²) in [6.45, 7) is 13.1. The Morgan fingerprint density at radius 2 is 1.42 bits per heavy atom. The van der Waals surface area contributed by atoms with Gasteiger partial charge in [-0.15, -0.1) is 0 Å². The van der Waals surface area contributed by atoms with E-state index in [2.05, 4.69) is 24.4 Å². The van der Waals surface area contributed by atoms with Crippen molar-refractivity contribution >= 4 is 40.2 Å². The largest absolute Gasteiger partial charge is 1.00 e. The average Bonchev–Trinajstić information content (AvgIpc) is 3.77. The number of nitrogens with one attached hydrogen (secondary N) is 1. The molecule has 0 bridgehead atoms. The molecule has 2 saturated heterocycles. The van der Waals surface area contributed by atoms with E-state index in [0.717, 1.165) is 12.5 Å². The minimum Gasteiger partial charge on any atom is -1.00 e. The van der Waals surface area contributed by atoms with E-state index in [1.807, 2.05) is 20.8 Å². The van der Waals surface area contributed by atoms with Crippen molar-refractivity contribution in [2.45, 2.75) is 71.5 Å². The molecule has 2 aliphatic rings. The third-order valence-corrected chi connectivity index (χ3v) is 6.57. The predicted molar refractivity (Wildman–Crippen MR) is 178 cm³/mol. The number of H-pyrrole nitrogens is 1. The minimum absolute atomic E-state index is 0. The van der Waals surface area contributed by atoms with Crippen LogP contribution in [0.2, 0.25) is 0 Å². The van der Waals surface area contributed by atoms with Gasteiger partial charge in [-0.05, 0) is 41.5 Å². The van der Waals surface area contributed by atoms with Crippen LogP contribution in [0, 0.1) is 20.2 Å². The van der Waals surface area contributed by atoms with Gasteiger partial charge in [0.2, 0.25) is 0 Å². The van der Waals surface area contributed by atoms with Gasteiger partial charge in [-0.1, -0.05) is 0 Å². The molecule has 55 heavy (non-hydrogen) atoms. The fourth-order valence-corrected chi connectivity index (χ4v) is 4.33. The molecule has 2 aromatic rings. The number of hydrogen-bond donors (Lipinski definition) is 1. The van der Waals surface area contributed by atoms with Crippen LogP contribution in [0.15, 0.2) is 24.8 Å². The Bertz CT molecular complexity index is 1580. The summed E-state index contributed by atoms with van der Waals surface area (Å²) in [4.78, 5) is 57.6.